The van der Waals surface area contributed by atoms with Crippen LogP contribution in [-0.2, 0) is 0 Å². The monoisotopic (exact) mass is 233 g/mol. The summed E-state index contributed by atoms with van der Waals surface area (Å²) in [4.78, 5) is 21.2. The number of aldehydes is 1. The van der Waals surface area contributed by atoms with Crippen molar-refractivity contribution < 1.29 is 27.5 Å². The molecule has 0 saturated carbocycles. The fourth-order valence-electron chi connectivity index (χ4n) is 1.03. The Morgan fingerprint density at radius 3 is 2.44 bits per heavy atom. The maximum Gasteiger partial charge on any atom is 0.573 e. The van der Waals surface area contributed by atoms with E-state index in [4.69, 9.17) is 5.73 Å². The number of carbonyl (C=O) groups is 2. The first kappa shape index (κ1) is 12.0. The van der Waals surface area contributed by atoms with Gasteiger partial charge in [-0.15, -0.1) is 13.2 Å². The molecule has 0 fully saturated rings. The highest BCUT2D eigenvalue weighted by molar-refractivity contribution is 5.97. The zero-order valence-corrected chi connectivity index (χ0v) is 7.75. The highest BCUT2D eigenvalue weighted by Gasteiger charge is 2.32. The summed E-state index contributed by atoms with van der Waals surface area (Å²) in [6, 6.07) is 2.87. The van der Waals surface area contributed by atoms with Crippen LogP contribution < -0.4 is 10.5 Å². The van der Waals surface area contributed by atoms with E-state index in [1.807, 2.05) is 0 Å². The minimum Gasteiger partial charge on any atom is -0.405 e. The summed E-state index contributed by atoms with van der Waals surface area (Å²) in [5, 5.41) is 0. The van der Waals surface area contributed by atoms with E-state index < -0.39 is 23.6 Å². The molecule has 0 aromatic heterocycles. The second-order valence-corrected chi connectivity index (χ2v) is 2.79. The Balaban J connectivity index is 3.18. The molecule has 2 N–H and O–H groups in total. The lowest BCUT2D eigenvalue weighted by Gasteiger charge is -2.11. The molecular weight excluding hydrogens is 227 g/mol. The van der Waals surface area contributed by atoms with Gasteiger partial charge in [0.15, 0.2) is 0 Å². The molecule has 0 aliphatic heterocycles. The SMILES string of the molecule is NC(=O)c1cc(C=O)ccc1OC(F)(F)F. The van der Waals surface area contributed by atoms with Crippen LogP contribution in [0.5, 0.6) is 5.75 Å². The second kappa shape index (κ2) is 4.21. The fourth-order valence-corrected chi connectivity index (χ4v) is 1.03. The third kappa shape index (κ3) is 2.97. The van der Waals surface area contributed by atoms with Crippen LogP contribution in [0, 0.1) is 0 Å². The van der Waals surface area contributed by atoms with Crippen molar-refractivity contribution in [3.63, 3.8) is 0 Å². The molecule has 0 radical (unpaired) electrons. The number of halogens is 3. The minimum atomic E-state index is -4.92. The molecule has 4 nitrogen and oxygen atoms in total. The molecule has 0 aliphatic carbocycles. The average Bonchev–Trinajstić information content (AvgIpc) is 2.15. The number of nitrogens with two attached hydrogens (primary N) is 1. The topological polar surface area (TPSA) is 69.4 Å². The van der Waals surface area contributed by atoms with E-state index in [1.165, 1.54) is 0 Å². The predicted octanol–water partition coefficient (Wildman–Crippen LogP) is 1.50. The largest absolute Gasteiger partial charge is 0.573 e. The van der Waals surface area contributed by atoms with Crippen LogP contribution in [-0.4, -0.2) is 18.6 Å². The normalized spacial score (nSPS) is 10.9. The Kier molecular flexibility index (Phi) is 3.17. The number of hydrogen-bond acceptors (Lipinski definition) is 3. The van der Waals surface area contributed by atoms with Crippen LogP contribution in [0.15, 0.2) is 18.2 Å². The molecule has 16 heavy (non-hydrogen) atoms. The summed E-state index contributed by atoms with van der Waals surface area (Å²) in [7, 11) is 0. The lowest BCUT2D eigenvalue weighted by molar-refractivity contribution is -0.274. The third-order valence-corrected chi connectivity index (χ3v) is 1.63. The van der Waals surface area contributed by atoms with Gasteiger partial charge in [0.25, 0.3) is 5.91 Å². The molecular formula is C9H6F3NO3. The van der Waals surface area contributed by atoms with Gasteiger partial charge in [-0.2, -0.15) is 0 Å². The zero-order chi connectivity index (χ0) is 12.3. The van der Waals surface area contributed by atoms with Crippen molar-refractivity contribution in [2.45, 2.75) is 6.36 Å². The number of amides is 1. The highest BCUT2D eigenvalue weighted by atomic mass is 19.4. The van der Waals surface area contributed by atoms with Gasteiger partial charge < -0.3 is 10.5 Å². The van der Waals surface area contributed by atoms with Gasteiger partial charge in [0.05, 0.1) is 5.56 Å². The molecule has 1 aromatic carbocycles. The summed E-state index contributed by atoms with van der Waals surface area (Å²) >= 11 is 0. The number of alkyl halides is 3. The van der Waals surface area contributed by atoms with Gasteiger partial charge in [0, 0.05) is 5.56 Å². The third-order valence-electron chi connectivity index (χ3n) is 1.63. The van der Waals surface area contributed by atoms with Gasteiger partial charge in [-0.3, -0.25) is 9.59 Å². The number of hydrogen-bond donors (Lipinski definition) is 1. The highest BCUT2D eigenvalue weighted by Crippen LogP contribution is 2.26. The quantitative estimate of drug-likeness (QED) is 0.804. The van der Waals surface area contributed by atoms with Crippen LogP contribution in [0.25, 0.3) is 0 Å². The smallest absolute Gasteiger partial charge is 0.405 e. The number of ether oxygens (including phenoxy) is 1. The molecule has 1 rings (SSSR count). The molecule has 0 aliphatic rings. The van der Waals surface area contributed by atoms with E-state index in [9.17, 15) is 22.8 Å². The molecule has 1 aromatic rings. The number of benzene rings is 1. The molecule has 0 saturated heterocycles. The van der Waals surface area contributed by atoms with Crippen LogP contribution in [0.4, 0.5) is 13.2 Å². The zero-order valence-electron chi connectivity index (χ0n) is 7.75. The molecule has 0 spiro atoms. The van der Waals surface area contributed by atoms with Gasteiger partial charge in [0.1, 0.15) is 12.0 Å². The first-order valence-electron chi connectivity index (χ1n) is 3.98. The Labute approximate surface area is 87.8 Å². The summed E-state index contributed by atoms with van der Waals surface area (Å²) in [6.45, 7) is 0. The van der Waals surface area contributed by atoms with Crippen LogP contribution >= 0.6 is 0 Å². The van der Waals surface area contributed by atoms with Crippen molar-refractivity contribution >= 4 is 12.2 Å². The Hall–Kier alpha value is -2.05. The molecule has 0 heterocycles. The lowest BCUT2D eigenvalue weighted by atomic mass is 10.1. The molecule has 7 heteroatoms. The summed E-state index contributed by atoms with van der Waals surface area (Å²) in [5.74, 6) is -1.84. The van der Waals surface area contributed by atoms with Gasteiger partial charge in [-0.25, -0.2) is 0 Å². The van der Waals surface area contributed by atoms with Gasteiger partial charge in [-0.1, -0.05) is 0 Å². The van der Waals surface area contributed by atoms with E-state index >= 15 is 0 Å². The van der Waals surface area contributed by atoms with E-state index in [-0.39, 0.29) is 5.56 Å². The number of rotatable bonds is 3. The summed E-state index contributed by atoms with van der Waals surface area (Å²) in [5.41, 5.74) is 4.39. The molecule has 86 valence electrons. The van der Waals surface area contributed by atoms with E-state index in [1.54, 1.807) is 0 Å². The minimum absolute atomic E-state index is 0.0309. The van der Waals surface area contributed by atoms with Crippen molar-refractivity contribution in [1.29, 1.82) is 0 Å². The van der Waals surface area contributed by atoms with E-state index in [2.05, 4.69) is 4.74 Å². The molecule has 0 unspecified atom stereocenters. The van der Waals surface area contributed by atoms with Crippen LogP contribution in [0.3, 0.4) is 0 Å². The van der Waals surface area contributed by atoms with E-state index in [0.29, 0.717) is 6.29 Å². The number of primary amides is 1. The Morgan fingerprint density at radius 2 is 2.00 bits per heavy atom. The van der Waals surface area contributed by atoms with Crippen molar-refractivity contribution in [3.05, 3.63) is 29.3 Å². The molecule has 0 bridgehead atoms. The van der Waals surface area contributed by atoms with Crippen molar-refractivity contribution in [3.8, 4) is 5.75 Å². The maximum atomic E-state index is 11.9. The van der Waals surface area contributed by atoms with Crippen LogP contribution in [0.2, 0.25) is 0 Å². The number of carbonyl (C=O) groups excluding carboxylic acids is 2. The summed E-state index contributed by atoms with van der Waals surface area (Å²) in [6.07, 6.45) is -4.54. The van der Waals surface area contributed by atoms with Crippen LogP contribution in [0.1, 0.15) is 20.7 Å². The van der Waals surface area contributed by atoms with Gasteiger partial charge in [0.2, 0.25) is 0 Å². The van der Waals surface area contributed by atoms with Crippen molar-refractivity contribution in [2.75, 3.05) is 0 Å². The van der Waals surface area contributed by atoms with Gasteiger partial charge in [-0.05, 0) is 18.2 Å². The summed E-state index contributed by atoms with van der Waals surface area (Å²) < 4.78 is 39.3. The van der Waals surface area contributed by atoms with Crippen molar-refractivity contribution in [2.24, 2.45) is 5.73 Å². The average molecular weight is 233 g/mol. The Bertz CT molecular complexity index is 428. The fraction of sp³-hybridized carbons (Fsp3) is 0.111. The second-order valence-electron chi connectivity index (χ2n) is 2.79. The Morgan fingerprint density at radius 1 is 1.38 bits per heavy atom. The predicted molar refractivity (Wildman–Crippen MR) is 47.0 cm³/mol. The molecule has 0 atom stereocenters. The van der Waals surface area contributed by atoms with Crippen molar-refractivity contribution in [1.82, 2.24) is 0 Å². The first-order chi connectivity index (χ1) is 7.33. The molecule has 1 amide bonds. The van der Waals surface area contributed by atoms with Gasteiger partial charge >= 0.3 is 6.36 Å². The maximum absolute atomic E-state index is 11.9. The standard InChI is InChI=1S/C9H6F3NO3/c10-9(11,12)16-7-2-1-5(4-14)3-6(7)8(13)15/h1-4H,(H2,13,15). The van der Waals surface area contributed by atoms with E-state index in [0.717, 1.165) is 18.2 Å². The first-order valence-corrected chi connectivity index (χ1v) is 3.98. The lowest BCUT2D eigenvalue weighted by Crippen LogP contribution is -2.21.